The summed E-state index contributed by atoms with van der Waals surface area (Å²) in [5.74, 6) is 0.779. The fourth-order valence-corrected chi connectivity index (χ4v) is 1.95. The third kappa shape index (κ3) is 11.3. The number of carbonyl (C=O) groups excluding carboxylic acids is 1. The van der Waals surface area contributed by atoms with Crippen LogP contribution in [0.2, 0.25) is 0 Å². The van der Waals surface area contributed by atoms with E-state index in [4.69, 9.17) is 4.74 Å². The Bertz CT molecular complexity index is 530. The highest BCUT2D eigenvalue weighted by Gasteiger charge is 2.20. The van der Waals surface area contributed by atoms with Gasteiger partial charge < -0.3 is 20.7 Å². The van der Waals surface area contributed by atoms with Gasteiger partial charge in [-0.3, -0.25) is 9.79 Å². The van der Waals surface area contributed by atoms with E-state index >= 15 is 0 Å². The van der Waals surface area contributed by atoms with Gasteiger partial charge in [-0.05, 0) is 12.5 Å². The summed E-state index contributed by atoms with van der Waals surface area (Å²) in [6.07, 6.45) is 0. The first-order valence-corrected chi connectivity index (χ1v) is 8.85. The molecule has 0 radical (unpaired) electrons. The molecule has 0 aromatic heterocycles. The van der Waals surface area contributed by atoms with Gasteiger partial charge in [-0.1, -0.05) is 51.1 Å². The predicted molar refractivity (Wildman–Crippen MR) is 118 cm³/mol. The molecule has 0 saturated heterocycles. The quantitative estimate of drug-likeness (QED) is 0.222. The summed E-state index contributed by atoms with van der Waals surface area (Å²) < 4.78 is 5.62. The molecular formula is C19H33IN4O2. The molecule has 0 heterocycles. The minimum atomic E-state index is -0.366. The zero-order valence-electron chi connectivity index (χ0n) is 16.3. The predicted octanol–water partition coefficient (Wildman–Crippen LogP) is 2.54. The molecule has 1 aromatic rings. The second-order valence-corrected chi connectivity index (χ2v) is 6.73. The minimum Gasteiger partial charge on any atom is -0.375 e. The Morgan fingerprint density at radius 3 is 2.35 bits per heavy atom. The maximum absolute atomic E-state index is 11.8. The molecule has 0 aliphatic carbocycles. The van der Waals surface area contributed by atoms with Crippen LogP contribution in [0.1, 0.15) is 33.3 Å². The summed E-state index contributed by atoms with van der Waals surface area (Å²) >= 11 is 0. The fraction of sp³-hybridized carbons (Fsp3) is 0.579. The van der Waals surface area contributed by atoms with E-state index in [9.17, 15) is 4.79 Å². The zero-order chi connectivity index (χ0) is 18.5. The van der Waals surface area contributed by atoms with Crippen LogP contribution in [0.5, 0.6) is 0 Å². The van der Waals surface area contributed by atoms with E-state index in [0.717, 1.165) is 18.1 Å². The van der Waals surface area contributed by atoms with Gasteiger partial charge in [0, 0.05) is 25.0 Å². The van der Waals surface area contributed by atoms with Gasteiger partial charge in [0.15, 0.2) is 5.96 Å². The first kappa shape index (κ1) is 24.7. The van der Waals surface area contributed by atoms with Crippen molar-refractivity contribution in [1.29, 1.82) is 0 Å². The van der Waals surface area contributed by atoms with E-state index in [1.165, 1.54) is 0 Å². The molecule has 0 aliphatic heterocycles. The molecule has 0 atom stereocenters. The molecule has 7 heteroatoms. The highest BCUT2D eigenvalue weighted by atomic mass is 127. The van der Waals surface area contributed by atoms with Crippen LogP contribution in [-0.2, 0) is 16.1 Å². The number of hydrogen-bond donors (Lipinski definition) is 3. The molecule has 0 spiro atoms. The van der Waals surface area contributed by atoms with Crippen LogP contribution in [-0.4, -0.2) is 44.7 Å². The monoisotopic (exact) mass is 476 g/mol. The Morgan fingerprint density at radius 2 is 1.73 bits per heavy atom. The van der Waals surface area contributed by atoms with Crippen LogP contribution in [0.3, 0.4) is 0 Å². The summed E-state index contributed by atoms with van der Waals surface area (Å²) in [5, 5.41) is 9.29. The van der Waals surface area contributed by atoms with Gasteiger partial charge in [-0.25, -0.2) is 0 Å². The lowest BCUT2D eigenvalue weighted by molar-refractivity contribution is -0.128. The largest absolute Gasteiger partial charge is 0.375 e. The Balaban J connectivity index is 0.00000625. The smallest absolute Gasteiger partial charge is 0.225 e. The van der Waals surface area contributed by atoms with Gasteiger partial charge in [-0.15, -0.1) is 24.0 Å². The van der Waals surface area contributed by atoms with E-state index in [1.54, 1.807) is 0 Å². The number of benzene rings is 1. The van der Waals surface area contributed by atoms with E-state index in [2.05, 4.69) is 20.9 Å². The van der Waals surface area contributed by atoms with Gasteiger partial charge in [0.1, 0.15) is 0 Å². The Labute approximate surface area is 174 Å². The first-order valence-electron chi connectivity index (χ1n) is 8.85. The Hall–Kier alpha value is -1.35. The van der Waals surface area contributed by atoms with Crippen molar-refractivity contribution in [1.82, 2.24) is 16.0 Å². The molecule has 1 rings (SSSR count). The molecule has 148 valence electrons. The molecule has 3 N–H and O–H groups in total. The number of ether oxygens (including phenoxy) is 1. The lowest BCUT2D eigenvalue weighted by atomic mass is 9.96. The highest BCUT2D eigenvalue weighted by molar-refractivity contribution is 14.0. The van der Waals surface area contributed by atoms with E-state index in [1.807, 2.05) is 58.0 Å². The van der Waals surface area contributed by atoms with Gasteiger partial charge in [0.25, 0.3) is 0 Å². The van der Waals surface area contributed by atoms with Crippen LogP contribution in [0.25, 0.3) is 0 Å². The molecule has 6 nitrogen and oxygen atoms in total. The number of nitrogens with one attached hydrogen (secondary N) is 3. The molecule has 0 saturated carbocycles. The standard InChI is InChI=1S/C19H32N4O2.HI/c1-5-20-18(22-12-11-21-17(24)19(2,3)4)23-13-14-25-15-16-9-7-6-8-10-16;/h6-10H,5,11-15H2,1-4H3,(H,21,24)(H2,20,22,23);1H. The number of carbonyl (C=O) groups is 1. The molecular weight excluding hydrogens is 443 g/mol. The number of amides is 1. The topological polar surface area (TPSA) is 74.8 Å². The average molecular weight is 476 g/mol. The average Bonchev–Trinajstić information content (AvgIpc) is 2.58. The number of hydrogen-bond acceptors (Lipinski definition) is 3. The van der Waals surface area contributed by atoms with Gasteiger partial charge in [0.05, 0.1) is 19.8 Å². The van der Waals surface area contributed by atoms with E-state index in [-0.39, 0.29) is 35.3 Å². The third-order valence-corrected chi connectivity index (χ3v) is 3.35. The molecule has 0 bridgehead atoms. The van der Waals surface area contributed by atoms with Crippen molar-refractivity contribution in [2.24, 2.45) is 10.4 Å². The van der Waals surface area contributed by atoms with Crippen LogP contribution >= 0.6 is 24.0 Å². The summed E-state index contributed by atoms with van der Waals surface area (Å²) in [7, 11) is 0. The molecule has 0 aliphatic rings. The summed E-state index contributed by atoms with van der Waals surface area (Å²) in [6, 6.07) is 10.1. The number of nitrogens with zero attached hydrogens (tertiary/aromatic N) is 1. The summed E-state index contributed by atoms with van der Waals surface area (Å²) in [6.45, 7) is 11.4. The zero-order valence-corrected chi connectivity index (χ0v) is 18.6. The molecule has 26 heavy (non-hydrogen) atoms. The van der Waals surface area contributed by atoms with Crippen molar-refractivity contribution >= 4 is 35.8 Å². The Morgan fingerprint density at radius 1 is 1.08 bits per heavy atom. The Kier molecular flexibility index (Phi) is 13.1. The van der Waals surface area contributed by atoms with Crippen molar-refractivity contribution in [2.45, 2.75) is 34.3 Å². The van der Waals surface area contributed by atoms with Gasteiger partial charge >= 0.3 is 0 Å². The normalized spacial score (nSPS) is 11.5. The second kappa shape index (κ2) is 13.8. The minimum absolute atomic E-state index is 0. The molecule has 1 amide bonds. The van der Waals surface area contributed by atoms with Crippen molar-refractivity contribution < 1.29 is 9.53 Å². The number of aliphatic imine (C=N–C) groups is 1. The summed E-state index contributed by atoms with van der Waals surface area (Å²) in [4.78, 5) is 16.3. The lowest BCUT2D eigenvalue weighted by Gasteiger charge is -2.18. The third-order valence-electron chi connectivity index (χ3n) is 3.35. The molecule has 0 unspecified atom stereocenters. The maximum atomic E-state index is 11.8. The lowest BCUT2D eigenvalue weighted by Crippen LogP contribution is -2.43. The van der Waals surface area contributed by atoms with Crippen molar-refractivity contribution in [3.8, 4) is 0 Å². The van der Waals surface area contributed by atoms with Crippen LogP contribution in [0.15, 0.2) is 35.3 Å². The first-order chi connectivity index (χ1) is 11.9. The number of halogens is 1. The second-order valence-electron chi connectivity index (χ2n) is 6.73. The summed E-state index contributed by atoms with van der Waals surface area (Å²) in [5.41, 5.74) is 0.792. The maximum Gasteiger partial charge on any atom is 0.225 e. The van der Waals surface area contributed by atoms with Crippen molar-refractivity contribution in [3.63, 3.8) is 0 Å². The van der Waals surface area contributed by atoms with E-state index in [0.29, 0.717) is 32.8 Å². The SMILES string of the molecule is CCNC(=NCCOCc1ccccc1)NCCNC(=O)C(C)(C)C.I. The molecule has 1 aromatic carbocycles. The van der Waals surface area contributed by atoms with E-state index < -0.39 is 0 Å². The van der Waals surface area contributed by atoms with Crippen molar-refractivity contribution in [3.05, 3.63) is 35.9 Å². The van der Waals surface area contributed by atoms with Crippen LogP contribution < -0.4 is 16.0 Å². The van der Waals surface area contributed by atoms with Gasteiger partial charge in [0.2, 0.25) is 5.91 Å². The fourth-order valence-electron chi connectivity index (χ4n) is 1.95. The highest BCUT2D eigenvalue weighted by Crippen LogP contribution is 2.11. The van der Waals surface area contributed by atoms with Crippen LogP contribution in [0, 0.1) is 5.41 Å². The van der Waals surface area contributed by atoms with Crippen molar-refractivity contribution in [2.75, 3.05) is 32.8 Å². The number of rotatable bonds is 9. The number of guanidine groups is 1. The molecule has 0 fully saturated rings. The van der Waals surface area contributed by atoms with Gasteiger partial charge in [-0.2, -0.15) is 0 Å². The van der Waals surface area contributed by atoms with Crippen LogP contribution in [0.4, 0.5) is 0 Å².